The number of hydrogen-bond donors (Lipinski definition) is 0. The third-order valence-electron chi connectivity index (χ3n) is 3.62. The van der Waals surface area contributed by atoms with Gasteiger partial charge < -0.3 is 9.64 Å². The number of aromatic nitrogens is 2. The van der Waals surface area contributed by atoms with Gasteiger partial charge in [-0.05, 0) is 32.0 Å². The monoisotopic (exact) mass is 285 g/mol. The quantitative estimate of drug-likeness (QED) is 0.866. The molecule has 2 heterocycles. The van der Waals surface area contributed by atoms with Gasteiger partial charge in [0.05, 0.1) is 6.54 Å². The van der Waals surface area contributed by atoms with Crippen LogP contribution in [0.1, 0.15) is 30.0 Å². The first-order valence-electron chi connectivity index (χ1n) is 7.20. The van der Waals surface area contributed by atoms with Crippen LogP contribution < -0.4 is 4.74 Å². The van der Waals surface area contributed by atoms with Crippen LogP contribution in [0.5, 0.6) is 5.75 Å². The van der Waals surface area contributed by atoms with E-state index in [0.717, 1.165) is 18.0 Å². The SMILES string of the molecule is CC(C)N1CCn2nc(COc3ccccc3)cc2C1=O. The number of nitrogens with zero attached hydrogens (tertiary/aromatic N) is 3. The molecule has 0 spiro atoms. The highest BCUT2D eigenvalue weighted by molar-refractivity contribution is 5.93. The summed E-state index contributed by atoms with van der Waals surface area (Å²) in [5.74, 6) is 0.855. The Labute approximate surface area is 124 Å². The lowest BCUT2D eigenvalue weighted by molar-refractivity contribution is 0.0641. The highest BCUT2D eigenvalue weighted by atomic mass is 16.5. The predicted molar refractivity (Wildman–Crippen MR) is 79.2 cm³/mol. The van der Waals surface area contributed by atoms with Crippen molar-refractivity contribution in [3.8, 4) is 5.75 Å². The molecule has 110 valence electrons. The van der Waals surface area contributed by atoms with E-state index in [1.165, 1.54) is 0 Å². The Bertz CT molecular complexity index is 634. The number of hydrogen-bond acceptors (Lipinski definition) is 3. The van der Waals surface area contributed by atoms with E-state index in [4.69, 9.17) is 4.74 Å². The Morgan fingerprint density at radius 1 is 1.24 bits per heavy atom. The van der Waals surface area contributed by atoms with Crippen LogP contribution in [0, 0.1) is 0 Å². The van der Waals surface area contributed by atoms with E-state index in [0.29, 0.717) is 18.8 Å². The van der Waals surface area contributed by atoms with Crippen molar-refractivity contribution in [1.82, 2.24) is 14.7 Å². The molecule has 1 aromatic carbocycles. The van der Waals surface area contributed by atoms with Crippen LogP contribution in [0.4, 0.5) is 0 Å². The molecule has 1 aliphatic heterocycles. The lowest BCUT2D eigenvalue weighted by Crippen LogP contribution is -2.44. The van der Waals surface area contributed by atoms with Crippen molar-refractivity contribution >= 4 is 5.91 Å². The first-order chi connectivity index (χ1) is 10.1. The molecule has 5 nitrogen and oxygen atoms in total. The summed E-state index contributed by atoms with van der Waals surface area (Å²) in [5, 5.41) is 4.45. The molecular weight excluding hydrogens is 266 g/mol. The van der Waals surface area contributed by atoms with Gasteiger partial charge in [0.1, 0.15) is 23.7 Å². The number of carbonyl (C=O) groups is 1. The van der Waals surface area contributed by atoms with Crippen LogP contribution in [-0.2, 0) is 13.2 Å². The second kappa shape index (κ2) is 5.60. The largest absolute Gasteiger partial charge is 0.487 e. The normalized spacial score (nSPS) is 14.4. The fourth-order valence-corrected chi connectivity index (χ4v) is 2.50. The smallest absolute Gasteiger partial charge is 0.272 e. The van der Waals surface area contributed by atoms with Gasteiger partial charge in [-0.25, -0.2) is 0 Å². The van der Waals surface area contributed by atoms with Crippen molar-refractivity contribution in [3.63, 3.8) is 0 Å². The molecule has 1 amide bonds. The second-order valence-electron chi connectivity index (χ2n) is 5.44. The van der Waals surface area contributed by atoms with Crippen molar-refractivity contribution < 1.29 is 9.53 Å². The van der Waals surface area contributed by atoms with Crippen molar-refractivity contribution in [1.29, 1.82) is 0 Å². The van der Waals surface area contributed by atoms with E-state index in [-0.39, 0.29) is 11.9 Å². The Morgan fingerprint density at radius 2 is 2.00 bits per heavy atom. The minimum atomic E-state index is 0.0507. The fraction of sp³-hybridized carbons (Fsp3) is 0.375. The molecular formula is C16H19N3O2. The van der Waals surface area contributed by atoms with Crippen LogP contribution >= 0.6 is 0 Å². The van der Waals surface area contributed by atoms with Crippen molar-refractivity contribution in [2.24, 2.45) is 0 Å². The molecule has 1 aromatic heterocycles. The maximum atomic E-state index is 12.4. The Morgan fingerprint density at radius 3 is 2.71 bits per heavy atom. The highest BCUT2D eigenvalue weighted by Crippen LogP contribution is 2.17. The lowest BCUT2D eigenvalue weighted by Gasteiger charge is -2.30. The third kappa shape index (κ3) is 2.77. The summed E-state index contributed by atoms with van der Waals surface area (Å²) in [6.07, 6.45) is 0. The summed E-state index contributed by atoms with van der Waals surface area (Å²) in [6.45, 7) is 5.89. The number of fused-ring (bicyclic) bond motifs is 1. The molecule has 0 bridgehead atoms. The second-order valence-corrected chi connectivity index (χ2v) is 5.44. The molecule has 2 aromatic rings. The van der Waals surface area contributed by atoms with E-state index in [2.05, 4.69) is 5.10 Å². The van der Waals surface area contributed by atoms with Gasteiger partial charge in [-0.3, -0.25) is 9.48 Å². The Balaban J connectivity index is 1.73. The zero-order valence-corrected chi connectivity index (χ0v) is 12.3. The molecule has 0 saturated heterocycles. The summed E-state index contributed by atoms with van der Waals surface area (Å²) in [5.41, 5.74) is 1.44. The van der Waals surface area contributed by atoms with E-state index in [1.807, 2.05) is 55.1 Å². The van der Waals surface area contributed by atoms with Gasteiger partial charge in [0.2, 0.25) is 0 Å². The van der Waals surface area contributed by atoms with Crippen LogP contribution in [0.3, 0.4) is 0 Å². The number of rotatable bonds is 4. The van der Waals surface area contributed by atoms with Gasteiger partial charge in [-0.15, -0.1) is 0 Å². The topological polar surface area (TPSA) is 47.4 Å². The van der Waals surface area contributed by atoms with Gasteiger partial charge in [0.25, 0.3) is 5.91 Å². The molecule has 0 aliphatic carbocycles. The Hall–Kier alpha value is -2.30. The first kappa shape index (κ1) is 13.7. The maximum Gasteiger partial charge on any atom is 0.272 e. The van der Waals surface area contributed by atoms with Crippen LogP contribution in [-0.4, -0.2) is 33.2 Å². The molecule has 0 atom stereocenters. The third-order valence-corrected chi connectivity index (χ3v) is 3.62. The van der Waals surface area contributed by atoms with Crippen molar-refractivity contribution in [2.75, 3.05) is 6.54 Å². The number of carbonyl (C=O) groups excluding carboxylic acids is 1. The minimum Gasteiger partial charge on any atom is -0.487 e. The number of amides is 1. The van der Waals surface area contributed by atoms with Crippen LogP contribution in [0.15, 0.2) is 36.4 Å². The van der Waals surface area contributed by atoms with E-state index >= 15 is 0 Å². The fourth-order valence-electron chi connectivity index (χ4n) is 2.50. The molecule has 21 heavy (non-hydrogen) atoms. The summed E-state index contributed by atoms with van der Waals surface area (Å²) in [7, 11) is 0. The van der Waals surface area contributed by atoms with Gasteiger partial charge in [-0.2, -0.15) is 5.10 Å². The molecule has 0 unspecified atom stereocenters. The van der Waals surface area contributed by atoms with Gasteiger partial charge >= 0.3 is 0 Å². The maximum absolute atomic E-state index is 12.4. The van der Waals surface area contributed by atoms with Crippen molar-refractivity contribution in [3.05, 3.63) is 47.8 Å². The zero-order chi connectivity index (χ0) is 14.8. The number of benzene rings is 1. The lowest BCUT2D eigenvalue weighted by atomic mass is 10.2. The summed E-state index contributed by atoms with van der Waals surface area (Å²) >= 11 is 0. The number of para-hydroxylation sites is 1. The molecule has 5 heteroatoms. The first-order valence-corrected chi connectivity index (χ1v) is 7.20. The summed E-state index contributed by atoms with van der Waals surface area (Å²) in [6, 6.07) is 11.7. The molecule has 0 fully saturated rings. The van der Waals surface area contributed by atoms with Crippen molar-refractivity contribution in [2.45, 2.75) is 33.0 Å². The minimum absolute atomic E-state index is 0.0507. The average molecular weight is 285 g/mol. The standard InChI is InChI=1S/C16H19N3O2/c1-12(2)18-8-9-19-15(16(18)20)10-13(17-19)11-21-14-6-4-3-5-7-14/h3-7,10,12H,8-9,11H2,1-2H3. The average Bonchev–Trinajstić information content (AvgIpc) is 2.90. The van der Waals surface area contributed by atoms with Crippen LogP contribution in [0.25, 0.3) is 0 Å². The van der Waals surface area contributed by atoms with E-state index < -0.39 is 0 Å². The molecule has 0 N–H and O–H groups in total. The summed E-state index contributed by atoms with van der Waals surface area (Å²) < 4.78 is 7.46. The molecule has 3 rings (SSSR count). The van der Waals surface area contributed by atoms with Gasteiger partial charge in [0.15, 0.2) is 0 Å². The highest BCUT2D eigenvalue weighted by Gasteiger charge is 2.27. The van der Waals surface area contributed by atoms with E-state index in [1.54, 1.807) is 4.68 Å². The summed E-state index contributed by atoms with van der Waals surface area (Å²) in [4.78, 5) is 14.2. The molecule has 0 radical (unpaired) electrons. The van der Waals surface area contributed by atoms with Gasteiger partial charge in [0, 0.05) is 12.6 Å². The Kier molecular flexibility index (Phi) is 3.64. The zero-order valence-electron chi connectivity index (χ0n) is 12.3. The number of ether oxygens (including phenoxy) is 1. The van der Waals surface area contributed by atoms with Crippen LogP contribution in [0.2, 0.25) is 0 Å². The molecule has 0 saturated carbocycles. The van der Waals surface area contributed by atoms with Gasteiger partial charge in [-0.1, -0.05) is 18.2 Å². The molecule has 1 aliphatic rings. The van der Waals surface area contributed by atoms with E-state index in [9.17, 15) is 4.79 Å². The predicted octanol–water partition coefficient (Wildman–Crippen LogP) is 2.33.